The maximum Gasteiger partial charge on any atom is 0.254 e. The standard InChI is InChI=1S/C16H19ClN4O/c1-2-3-8-18-16-20-10-13(11-21-16)15(22)19-9-12-6-4-5-7-14(12)17/h4-7,10-11H,2-3,8-9H2,1H3,(H,19,22)(H,18,20,21). The third kappa shape index (κ3) is 4.70. The molecule has 0 aliphatic rings. The van der Waals surface area contributed by atoms with Crippen LogP contribution in [-0.2, 0) is 6.54 Å². The van der Waals surface area contributed by atoms with Gasteiger partial charge in [-0.05, 0) is 18.1 Å². The molecule has 0 bridgehead atoms. The van der Waals surface area contributed by atoms with Crippen LogP contribution in [0, 0.1) is 0 Å². The molecule has 2 N–H and O–H groups in total. The SMILES string of the molecule is CCCCNc1ncc(C(=O)NCc2ccccc2Cl)cn1. The summed E-state index contributed by atoms with van der Waals surface area (Å²) in [6.45, 7) is 3.32. The molecular weight excluding hydrogens is 300 g/mol. The van der Waals surface area contributed by atoms with Crippen molar-refractivity contribution in [1.29, 1.82) is 0 Å². The number of halogens is 1. The van der Waals surface area contributed by atoms with Crippen LogP contribution in [0.15, 0.2) is 36.7 Å². The van der Waals surface area contributed by atoms with Crippen LogP contribution in [0.3, 0.4) is 0 Å². The molecule has 0 atom stereocenters. The van der Waals surface area contributed by atoms with E-state index < -0.39 is 0 Å². The molecule has 0 unspecified atom stereocenters. The molecule has 2 aromatic rings. The van der Waals surface area contributed by atoms with Gasteiger partial charge in [0.1, 0.15) is 0 Å². The lowest BCUT2D eigenvalue weighted by Crippen LogP contribution is -2.23. The Morgan fingerprint density at radius 1 is 1.23 bits per heavy atom. The summed E-state index contributed by atoms with van der Waals surface area (Å²) in [5, 5.41) is 6.54. The van der Waals surface area contributed by atoms with Crippen LogP contribution < -0.4 is 10.6 Å². The maximum absolute atomic E-state index is 12.0. The number of unbranched alkanes of at least 4 members (excludes halogenated alkanes) is 1. The maximum atomic E-state index is 12.0. The van der Waals surface area contributed by atoms with Crippen molar-refractivity contribution in [2.75, 3.05) is 11.9 Å². The van der Waals surface area contributed by atoms with E-state index in [1.54, 1.807) is 6.07 Å². The molecule has 22 heavy (non-hydrogen) atoms. The highest BCUT2D eigenvalue weighted by Gasteiger charge is 2.08. The van der Waals surface area contributed by atoms with Crippen LogP contribution >= 0.6 is 11.6 Å². The van der Waals surface area contributed by atoms with Gasteiger partial charge < -0.3 is 10.6 Å². The fraction of sp³-hybridized carbons (Fsp3) is 0.312. The molecule has 0 spiro atoms. The zero-order valence-electron chi connectivity index (χ0n) is 12.5. The second kappa shape index (κ2) is 8.34. The Morgan fingerprint density at radius 3 is 2.64 bits per heavy atom. The lowest BCUT2D eigenvalue weighted by atomic mass is 10.2. The van der Waals surface area contributed by atoms with E-state index in [1.807, 2.05) is 18.2 Å². The fourth-order valence-electron chi connectivity index (χ4n) is 1.83. The highest BCUT2D eigenvalue weighted by atomic mass is 35.5. The first-order valence-electron chi connectivity index (χ1n) is 7.28. The van der Waals surface area contributed by atoms with Gasteiger partial charge in [0.15, 0.2) is 0 Å². The topological polar surface area (TPSA) is 66.9 Å². The first-order valence-corrected chi connectivity index (χ1v) is 7.66. The van der Waals surface area contributed by atoms with Gasteiger partial charge in [-0.25, -0.2) is 9.97 Å². The first-order chi connectivity index (χ1) is 10.7. The van der Waals surface area contributed by atoms with Crippen LogP contribution in [0.1, 0.15) is 35.7 Å². The Kier molecular flexibility index (Phi) is 6.15. The summed E-state index contributed by atoms with van der Waals surface area (Å²) in [6, 6.07) is 7.40. The van der Waals surface area contributed by atoms with Crippen LogP contribution in [0.25, 0.3) is 0 Å². The first kappa shape index (κ1) is 16.2. The van der Waals surface area contributed by atoms with E-state index >= 15 is 0 Å². The molecule has 2 rings (SSSR count). The number of anilines is 1. The third-order valence-corrected chi connectivity index (χ3v) is 3.49. The lowest BCUT2D eigenvalue weighted by Gasteiger charge is -2.07. The number of aromatic nitrogens is 2. The number of nitrogens with one attached hydrogen (secondary N) is 2. The largest absolute Gasteiger partial charge is 0.354 e. The van der Waals surface area contributed by atoms with Gasteiger partial charge in [-0.2, -0.15) is 0 Å². The zero-order valence-corrected chi connectivity index (χ0v) is 13.2. The molecule has 6 heteroatoms. The van der Waals surface area contributed by atoms with E-state index in [-0.39, 0.29) is 5.91 Å². The second-order valence-corrected chi connectivity index (χ2v) is 5.26. The molecule has 0 saturated carbocycles. The van der Waals surface area contributed by atoms with Crippen LogP contribution in [0.4, 0.5) is 5.95 Å². The van der Waals surface area contributed by atoms with Gasteiger partial charge in [0.25, 0.3) is 5.91 Å². The Balaban J connectivity index is 1.88. The summed E-state index contributed by atoms with van der Waals surface area (Å²) >= 11 is 6.05. The van der Waals surface area contributed by atoms with Gasteiger partial charge >= 0.3 is 0 Å². The number of hydrogen-bond acceptors (Lipinski definition) is 4. The molecule has 1 amide bonds. The zero-order chi connectivity index (χ0) is 15.8. The van der Waals surface area contributed by atoms with Gasteiger partial charge in [0.2, 0.25) is 5.95 Å². The van der Waals surface area contributed by atoms with Crippen molar-refractivity contribution in [2.24, 2.45) is 0 Å². The minimum Gasteiger partial charge on any atom is -0.354 e. The number of amides is 1. The lowest BCUT2D eigenvalue weighted by molar-refractivity contribution is 0.0950. The highest BCUT2D eigenvalue weighted by Crippen LogP contribution is 2.14. The summed E-state index contributed by atoms with van der Waals surface area (Å²) in [6.07, 6.45) is 5.20. The Morgan fingerprint density at radius 2 is 1.95 bits per heavy atom. The molecule has 0 aliphatic heterocycles. The number of hydrogen-bond donors (Lipinski definition) is 2. The van der Waals surface area contributed by atoms with Crippen molar-refractivity contribution in [2.45, 2.75) is 26.3 Å². The summed E-state index contributed by atoms with van der Waals surface area (Å²) in [7, 11) is 0. The molecular formula is C16H19ClN4O. The summed E-state index contributed by atoms with van der Waals surface area (Å²) in [5.74, 6) is 0.316. The Labute approximate surface area is 135 Å². The number of carbonyl (C=O) groups excluding carboxylic acids is 1. The van der Waals surface area contributed by atoms with E-state index in [2.05, 4.69) is 27.5 Å². The van der Waals surface area contributed by atoms with E-state index in [0.717, 1.165) is 24.9 Å². The van der Waals surface area contributed by atoms with Crippen molar-refractivity contribution in [3.05, 3.63) is 52.8 Å². The van der Waals surface area contributed by atoms with E-state index in [4.69, 9.17) is 11.6 Å². The van der Waals surface area contributed by atoms with Crippen LogP contribution in [0.5, 0.6) is 0 Å². The number of carbonyl (C=O) groups is 1. The quantitative estimate of drug-likeness (QED) is 0.769. The molecule has 1 aromatic heterocycles. The minimum absolute atomic E-state index is 0.222. The van der Waals surface area contributed by atoms with Gasteiger partial charge in [-0.3, -0.25) is 4.79 Å². The molecule has 116 valence electrons. The minimum atomic E-state index is -0.222. The van der Waals surface area contributed by atoms with Gasteiger partial charge in [-0.15, -0.1) is 0 Å². The molecule has 0 saturated heterocycles. The summed E-state index contributed by atoms with van der Waals surface area (Å²) in [4.78, 5) is 20.3. The molecule has 0 aliphatic carbocycles. The number of rotatable bonds is 7. The predicted octanol–water partition coefficient (Wildman–Crippen LogP) is 3.27. The monoisotopic (exact) mass is 318 g/mol. The average molecular weight is 319 g/mol. The summed E-state index contributed by atoms with van der Waals surface area (Å²) in [5.41, 5.74) is 1.30. The summed E-state index contributed by atoms with van der Waals surface area (Å²) < 4.78 is 0. The Bertz CT molecular complexity index is 616. The van der Waals surface area contributed by atoms with Crippen molar-refractivity contribution >= 4 is 23.5 Å². The van der Waals surface area contributed by atoms with Crippen molar-refractivity contribution < 1.29 is 4.79 Å². The smallest absolute Gasteiger partial charge is 0.254 e. The molecule has 5 nitrogen and oxygen atoms in total. The van der Waals surface area contributed by atoms with Crippen molar-refractivity contribution in [3.8, 4) is 0 Å². The van der Waals surface area contributed by atoms with Crippen molar-refractivity contribution in [1.82, 2.24) is 15.3 Å². The number of benzene rings is 1. The third-order valence-electron chi connectivity index (χ3n) is 3.12. The average Bonchev–Trinajstić information content (AvgIpc) is 2.55. The number of nitrogens with zero attached hydrogens (tertiary/aromatic N) is 2. The van der Waals surface area contributed by atoms with Gasteiger partial charge in [0, 0.05) is 30.5 Å². The Hall–Kier alpha value is -2.14. The van der Waals surface area contributed by atoms with E-state index in [1.165, 1.54) is 12.4 Å². The van der Waals surface area contributed by atoms with Crippen LogP contribution in [0.2, 0.25) is 5.02 Å². The van der Waals surface area contributed by atoms with E-state index in [9.17, 15) is 4.79 Å². The van der Waals surface area contributed by atoms with Crippen molar-refractivity contribution in [3.63, 3.8) is 0 Å². The fourth-order valence-corrected chi connectivity index (χ4v) is 2.04. The molecule has 0 fully saturated rings. The van der Waals surface area contributed by atoms with Crippen LogP contribution in [-0.4, -0.2) is 22.4 Å². The molecule has 1 aromatic carbocycles. The molecule has 0 radical (unpaired) electrons. The van der Waals surface area contributed by atoms with Gasteiger partial charge in [0.05, 0.1) is 5.56 Å². The van der Waals surface area contributed by atoms with Gasteiger partial charge in [-0.1, -0.05) is 43.1 Å². The predicted molar refractivity (Wildman–Crippen MR) is 88.1 cm³/mol. The van der Waals surface area contributed by atoms with E-state index in [0.29, 0.717) is 23.1 Å². The highest BCUT2D eigenvalue weighted by molar-refractivity contribution is 6.31. The normalized spacial score (nSPS) is 10.3. The second-order valence-electron chi connectivity index (χ2n) is 4.85. The molecule has 1 heterocycles.